The van der Waals surface area contributed by atoms with Crippen LogP contribution in [-0.2, 0) is 14.3 Å². The molecule has 4 nitrogen and oxygen atoms in total. The molecule has 6 rings (SSSR count). The molecule has 31 heavy (non-hydrogen) atoms. The average Bonchev–Trinajstić information content (AvgIpc) is 3.18. The van der Waals surface area contributed by atoms with Gasteiger partial charge in [-0.1, -0.05) is 27.7 Å². The van der Waals surface area contributed by atoms with E-state index in [2.05, 4.69) is 27.7 Å². The van der Waals surface area contributed by atoms with Crippen LogP contribution < -0.4 is 0 Å². The number of fused-ring (bicyclic) bond motifs is 7. The van der Waals surface area contributed by atoms with E-state index in [1.807, 2.05) is 0 Å². The maximum atomic E-state index is 14.0. The van der Waals surface area contributed by atoms with Gasteiger partial charge in [0.1, 0.15) is 5.78 Å². The number of hydrogen-bond acceptors (Lipinski definition) is 4. The molecular weight excluding hydrogens is 388 g/mol. The Morgan fingerprint density at radius 1 is 1.00 bits per heavy atom. The molecule has 1 spiro atoms. The molecule has 4 aliphatic carbocycles. The zero-order valence-electron chi connectivity index (χ0n) is 19.9. The number of carbonyl (C=O) groups is 1. The predicted octanol–water partition coefficient (Wildman–Crippen LogP) is 4.97. The van der Waals surface area contributed by atoms with E-state index in [4.69, 9.17) is 9.47 Å². The van der Waals surface area contributed by atoms with Gasteiger partial charge >= 0.3 is 0 Å². The van der Waals surface area contributed by atoms with Crippen molar-refractivity contribution in [3.63, 3.8) is 0 Å². The number of ether oxygens (including phenoxy) is 2. The second-order valence-electron chi connectivity index (χ2n) is 13.0. The summed E-state index contributed by atoms with van der Waals surface area (Å²) in [5.74, 6) is 3.45. The van der Waals surface area contributed by atoms with Crippen molar-refractivity contribution in [3.8, 4) is 0 Å². The Balaban J connectivity index is 1.30. The summed E-state index contributed by atoms with van der Waals surface area (Å²) in [6, 6.07) is 0. The van der Waals surface area contributed by atoms with Crippen LogP contribution in [0.4, 0.5) is 0 Å². The standard InChI is InChI=1S/C27H42O4/c1-15-7-10-27(30-14-15)16(2)24-22(31-27)12-21-19-6-5-17-11-18(28)8-9-25(17,3)20(19)13-23(29)26(21,24)4/h15-22,24,28H,5-14H2,1-4H3/t15-,16+,17+,18-,19-,20-,21-,22-,24-,25+,26-,27-/m1/s1. The number of aliphatic hydroxyl groups is 1. The minimum atomic E-state index is -0.448. The van der Waals surface area contributed by atoms with Crippen LogP contribution >= 0.6 is 0 Å². The Hall–Kier alpha value is -0.450. The van der Waals surface area contributed by atoms with Gasteiger partial charge in [-0.25, -0.2) is 0 Å². The summed E-state index contributed by atoms with van der Waals surface area (Å²) in [5.41, 5.74) is -0.0221. The number of Topliss-reactive ketones (excluding diaryl/α,β-unsaturated/α-hetero) is 1. The minimum absolute atomic E-state index is 0.131. The molecule has 0 amide bonds. The van der Waals surface area contributed by atoms with E-state index in [0.717, 1.165) is 51.6 Å². The highest BCUT2D eigenvalue weighted by atomic mass is 16.7. The first-order chi connectivity index (χ1) is 14.7. The molecule has 0 aromatic rings. The summed E-state index contributed by atoms with van der Waals surface area (Å²) >= 11 is 0. The molecule has 2 aliphatic heterocycles. The maximum absolute atomic E-state index is 14.0. The van der Waals surface area contributed by atoms with Gasteiger partial charge in [0.25, 0.3) is 0 Å². The maximum Gasteiger partial charge on any atom is 0.171 e. The smallest absolute Gasteiger partial charge is 0.171 e. The first-order valence-electron chi connectivity index (χ1n) is 13.2. The molecule has 0 aromatic heterocycles. The molecule has 4 heteroatoms. The molecule has 12 atom stereocenters. The number of carbonyl (C=O) groups excluding carboxylic acids is 1. The summed E-state index contributed by atoms with van der Waals surface area (Å²) in [5, 5.41) is 10.3. The van der Waals surface area contributed by atoms with E-state index in [1.54, 1.807) is 0 Å². The zero-order chi connectivity index (χ0) is 21.8. The molecular formula is C27H42O4. The second kappa shape index (κ2) is 6.79. The molecule has 4 saturated carbocycles. The van der Waals surface area contributed by atoms with Crippen LogP contribution in [0.25, 0.3) is 0 Å². The van der Waals surface area contributed by atoms with Gasteiger partial charge in [0.15, 0.2) is 5.79 Å². The van der Waals surface area contributed by atoms with Crippen molar-refractivity contribution in [3.05, 3.63) is 0 Å². The lowest BCUT2D eigenvalue weighted by molar-refractivity contribution is -0.272. The first kappa shape index (κ1) is 21.1. The second-order valence-corrected chi connectivity index (χ2v) is 13.0. The largest absolute Gasteiger partial charge is 0.393 e. The van der Waals surface area contributed by atoms with Crippen LogP contribution in [0, 0.1) is 52.3 Å². The minimum Gasteiger partial charge on any atom is -0.393 e. The predicted molar refractivity (Wildman–Crippen MR) is 118 cm³/mol. The van der Waals surface area contributed by atoms with E-state index < -0.39 is 5.79 Å². The van der Waals surface area contributed by atoms with Crippen molar-refractivity contribution in [2.45, 2.75) is 103 Å². The topological polar surface area (TPSA) is 55.8 Å². The number of rotatable bonds is 0. The van der Waals surface area contributed by atoms with Crippen LogP contribution in [0.2, 0.25) is 0 Å². The number of ketones is 1. The average molecular weight is 431 g/mol. The van der Waals surface area contributed by atoms with Gasteiger partial charge in [-0.15, -0.1) is 0 Å². The highest BCUT2D eigenvalue weighted by Gasteiger charge is 2.71. The highest BCUT2D eigenvalue weighted by Crippen LogP contribution is 2.70. The third-order valence-electron chi connectivity index (χ3n) is 11.8. The van der Waals surface area contributed by atoms with Crippen molar-refractivity contribution >= 4 is 5.78 Å². The zero-order valence-corrected chi connectivity index (χ0v) is 19.9. The van der Waals surface area contributed by atoms with E-state index in [0.29, 0.717) is 41.3 Å². The van der Waals surface area contributed by atoms with Gasteiger partial charge in [0.2, 0.25) is 0 Å². The molecule has 0 bridgehead atoms. The fourth-order valence-electron chi connectivity index (χ4n) is 9.93. The summed E-state index contributed by atoms with van der Waals surface area (Å²) in [6.45, 7) is 10.1. The number of hydrogen-bond donors (Lipinski definition) is 1. The molecule has 0 radical (unpaired) electrons. The Kier molecular flexibility index (Phi) is 4.62. The van der Waals surface area contributed by atoms with Crippen LogP contribution in [-0.4, -0.2) is 35.5 Å². The first-order valence-corrected chi connectivity index (χ1v) is 13.2. The van der Waals surface area contributed by atoms with Crippen molar-refractivity contribution in [2.75, 3.05) is 6.61 Å². The van der Waals surface area contributed by atoms with Crippen LogP contribution in [0.15, 0.2) is 0 Å². The summed E-state index contributed by atoms with van der Waals surface area (Å²) < 4.78 is 13.2. The van der Waals surface area contributed by atoms with Crippen molar-refractivity contribution < 1.29 is 19.4 Å². The van der Waals surface area contributed by atoms with Gasteiger partial charge in [-0.2, -0.15) is 0 Å². The molecule has 174 valence electrons. The molecule has 0 aromatic carbocycles. The lowest BCUT2D eigenvalue weighted by atomic mass is 9.44. The molecule has 6 aliphatic rings. The Labute approximate surface area is 187 Å². The van der Waals surface area contributed by atoms with Gasteiger partial charge < -0.3 is 14.6 Å². The SMILES string of the molecule is C[C@@H]1CC[C@@]2(OC1)O[C@@H]1C[C@@H]3[C@@H]4CC[C@H]5C[C@H](O)CC[C@]5(C)[C@@H]4CC(=O)[C@]3(C)[C@@H]1[C@@H]2C. The molecule has 6 fully saturated rings. The Morgan fingerprint density at radius 3 is 2.55 bits per heavy atom. The van der Waals surface area contributed by atoms with E-state index in [1.165, 1.54) is 12.8 Å². The third-order valence-corrected chi connectivity index (χ3v) is 11.8. The number of aliphatic hydroxyl groups excluding tert-OH is 1. The highest BCUT2D eigenvalue weighted by molar-refractivity contribution is 5.87. The molecule has 2 saturated heterocycles. The fourth-order valence-corrected chi connectivity index (χ4v) is 9.93. The Morgan fingerprint density at radius 2 is 1.81 bits per heavy atom. The van der Waals surface area contributed by atoms with Gasteiger partial charge in [0.05, 0.1) is 18.8 Å². The summed E-state index contributed by atoms with van der Waals surface area (Å²) in [6.07, 6.45) is 9.39. The summed E-state index contributed by atoms with van der Waals surface area (Å²) in [7, 11) is 0. The van der Waals surface area contributed by atoms with Crippen LogP contribution in [0.5, 0.6) is 0 Å². The van der Waals surface area contributed by atoms with Crippen molar-refractivity contribution in [1.29, 1.82) is 0 Å². The van der Waals surface area contributed by atoms with Crippen molar-refractivity contribution in [2.24, 2.45) is 52.3 Å². The monoisotopic (exact) mass is 430 g/mol. The molecule has 0 unspecified atom stereocenters. The van der Waals surface area contributed by atoms with Crippen LogP contribution in [0.1, 0.15) is 85.5 Å². The Bertz CT molecular complexity index is 756. The molecule has 1 N–H and O–H groups in total. The fraction of sp³-hybridized carbons (Fsp3) is 0.963. The van der Waals surface area contributed by atoms with E-state index in [9.17, 15) is 9.90 Å². The van der Waals surface area contributed by atoms with Crippen LogP contribution in [0.3, 0.4) is 0 Å². The van der Waals surface area contributed by atoms with Gasteiger partial charge in [-0.05, 0) is 80.0 Å². The van der Waals surface area contributed by atoms with Crippen molar-refractivity contribution in [1.82, 2.24) is 0 Å². The lowest BCUT2D eigenvalue weighted by Crippen LogP contribution is -2.58. The third kappa shape index (κ3) is 2.68. The van der Waals surface area contributed by atoms with Gasteiger partial charge in [-0.3, -0.25) is 4.79 Å². The van der Waals surface area contributed by atoms with Gasteiger partial charge in [0, 0.05) is 30.1 Å². The molecule has 2 heterocycles. The quantitative estimate of drug-likeness (QED) is 0.589. The van der Waals surface area contributed by atoms with E-state index in [-0.39, 0.29) is 29.0 Å². The summed E-state index contributed by atoms with van der Waals surface area (Å²) in [4.78, 5) is 14.0. The normalized spacial score (nSPS) is 60.9. The van der Waals surface area contributed by atoms with E-state index >= 15 is 0 Å². The lowest BCUT2D eigenvalue weighted by Gasteiger charge is -2.60.